The van der Waals surface area contributed by atoms with Crippen molar-refractivity contribution in [3.05, 3.63) is 24.4 Å². The minimum Gasteiger partial charge on any atom is -0.399 e. The first-order chi connectivity index (χ1) is 9.40. The molecule has 4 N–H and O–H groups in total. The number of fused-ring (bicyclic) bond motifs is 1. The van der Waals surface area contributed by atoms with Gasteiger partial charge in [0.05, 0.1) is 0 Å². The highest BCUT2D eigenvalue weighted by atomic mass is 32.2. The lowest BCUT2D eigenvalue weighted by Crippen LogP contribution is -2.39. The number of rotatable bonds is 4. The first-order valence-electron chi connectivity index (χ1n) is 6.76. The molecule has 108 valence electrons. The van der Waals surface area contributed by atoms with Crippen LogP contribution in [0.2, 0.25) is 0 Å². The molecule has 0 unspecified atom stereocenters. The summed E-state index contributed by atoms with van der Waals surface area (Å²) in [4.78, 5) is 3.24. The van der Waals surface area contributed by atoms with Crippen LogP contribution in [0.4, 0.5) is 5.69 Å². The van der Waals surface area contributed by atoms with Gasteiger partial charge in [-0.15, -0.1) is 0 Å². The molecule has 0 aliphatic heterocycles. The summed E-state index contributed by atoms with van der Waals surface area (Å²) < 4.78 is 27.6. The molecule has 20 heavy (non-hydrogen) atoms. The Bertz CT molecular complexity index is 745. The minimum absolute atomic E-state index is 0.109. The minimum atomic E-state index is -3.51. The maximum Gasteiger partial charge on any atom is 0.242 e. The average Bonchev–Trinajstić information content (AvgIpc) is 2.77. The standard InChI is InChI=1S/C14H19N3O2S/c1-14(5-2-6-14)9-17-20(18,19)13-8-16-12-4-3-10(15)7-11(12)13/h3-4,7-8,16-17H,2,5-6,9,15H2,1H3. The third kappa shape index (κ3) is 2.29. The highest BCUT2D eigenvalue weighted by Crippen LogP contribution is 2.39. The van der Waals surface area contributed by atoms with Crippen LogP contribution in [-0.2, 0) is 10.0 Å². The monoisotopic (exact) mass is 293 g/mol. The Morgan fingerprint density at radius 3 is 2.80 bits per heavy atom. The van der Waals surface area contributed by atoms with Gasteiger partial charge in [0, 0.05) is 29.3 Å². The molecule has 0 atom stereocenters. The smallest absolute Gasteiger partial charge is 0.242 e. The molecule has 1 aromatic heterocycles. The zero-order valence-electron chi connectivity index (χ0n) is 11.4. The molecule has 0 bridgehead atoms. The first kappa shape index (κ1) is 13.5. The van der Waals surface area contributed by atoms with Crippen molar-refractivity contribution in [1.82, 2.24) is 9.71 Å². The largest absolute Gasteiger partial charge is 0.399 e. The molecule has 1 aliphatic rings. The Morgan fingerprint density at radius 2 is 2.15 bits per heavy atom. The van der Waals surface area contributed by atoms with Gasteiger partial charge >= 0.3 is 0 Å². The van der Waals surface area contributed by atoms with Crippen LogP contribution in [0.25, 0.3) is 10.9 Å². The Morgan fingerprint density at radius 1 is 1.40 bits per heavy atom. The number of nitrogens with two attached hydrogens (primary N) is 1. The van der Waals surface area contributed by atoms with Crippen LogP contribution in [0, 0.1) is 5.41 Å². The van der Waals surface area contributed by atoms with E-state index < -0.39 is 10.0 Å². The fourth-order valence-corrected chi connectivity index (χ4v) is 4.01. The van der Waals surface area contributed by atoms with Crippen LogP contribution in [0.1, 0.15) is 26.2 Å². The number of nitrogens with one attached hydrogen (secondary N) is 2. The SMILES string of the molecule is CC1(CNS(=O)(=O)c2c[nH]c3ccc(N)cc23)CCC1. The molecule has 3 rings (SSSR count). The number of anilines is 1. The lowest BCUT2D eigenvalue weighted by atomic mass is 9.71. The van der Waals surface area contributed by atoms with Gasteiger partial charge in [-0.1, -0.05) is 13.3 Å². The number of hydrogen-bond donors (Lipinski definition) is 3. The van der Waals surface area contributed by atoms with Gasteiger partial charge in [-0.05, 0) is 36.5 Å². The fraction of sp³-hybridized carbons (Fsp3) is 0.429. The van der Waals surface area contributed by atoms with Crippen molar-refractivity contribution in [2.75, 3.05) is 12.3 Å². The van der Waals surface area contributed by atoms with E-state index in [9.17, 15) is 8.42 Å². The molecular weight excluding hydrogens is 274 g/mol. The number of hydrogen-bond acceptors (Lipinski definition) is 3. The molecule has 0 amide bonds. The van der Waals surface area contributed by atoms with Crippen molar-refractivity contribution < 1.29 is 8.42 Å². The summed E-state index contributed by atoms with van der Waals surface area (Å²) in [6.45, 7) is 2.61. The number of aromatic amines is 1. The molecule has 0 radical (unpaired) electrons. The van der Waals surface area contributed by atoms with Gasteiger partial charge in [0.25, 0.3) is 0 Å². The van der Waals surface area contributed by atoms with Crippen LogP contribution < -0.4 is 10.5 Å². The number of H-pyrrole nitrogens is 1. The molecule has 2 aromatic rings. The van der Waals surface area contributed by atoms with E-state index in [4.69, 9.17) is 5.73 Å². The number of aromatic nitrogens is 1. The second kappa shape index (κ2) is 4.49. The summed E-state index contributed by atoms with van der Waals surface area (Å²) in [5.41, 5.74) is 7.18. The summed E-state index contributed by atoms with van der Waals surface area (Å²) >= 11 is 0. The number of nitrogen functional groups attached to an aromatic ring is 1. The number of sulfonamides is 1. The second-order valence-corrected chi connectivity index (χ2v) is 7.68. The molecule has 1 heterocycles. The van der Waals surface area contributed by atoms with Gasteiger partial charge in [0.1, 0.15) is 4.90 Å². The highest BCUT2D eigenvalue weighted by molar-refractivity contribution is 7.89. The van der Waals surface area contributed by atoms with E-state index in [1.165, 1.54) is 12.6 Å². The quantitative estimate of drug-likeness (QED) is 0.755. The van der Waals surface area contributed by atoms with E-state index in [0.29, 0.717) is 17.6 Å². The van der Waals surface area contributed by atoms with Crippen molar-refractivity contribution >= 4 is 26.6 Å². The molecule has 5 nitrogen and oxygen atoms in total. The third-order valence-corrected chi connectivity index (χ3v) is 5.65. The van der Waals surface area contributed by atoms with Crippen LogP contribution in [-0.4, -0.2) is 19.9 Å². The van der Waals surface area contributed by atoms with Crippen molar-refractivity contribution in [1.29, 1.82) is 0 Å². The Kier molecular flexibility index (Phi) is 3.02. The van der Waals surface area contributed by atoms with Crippen LogP contribution in [0.3, 0.4) is 0 Å². The zero-order valence-corrected chi connectivity index (χ0v) is 12.3. The molecular formula is C14H19N3O2S. The van der Waals surface area contributed by atoms with Crippen molar-refractivity contribution in [2.24, 2.45) is 5.41 Å². The Balaban J connectivity index is 1.90. The van der Waals surface area contributed by atoms with Crippen molar-refractivity contribution in [2.45, 2.75) is 31.1 Å². The number of benzene rings is 1. The maximum atomic E-state index is 12.4. The lowest BCUT2D eigenvalue weighted by molar-refractivity contribution is 0.166. The van der Waals surface area contributed by atoms with Gasteiger partial charge in [0.2, 0.25) is 10.0 Å². The second-order valence-electron chi connectivity index (χ2n) is 5.95. The van der Waals surface area contributed by atoms with Crippen molar-refractivity contribution in [3.63, 3.8) is 0 Å². The van der Waals surface area contributed by atoms with Crippen LogP contribution in [0.15, 0.2) is 29.3 Å². The summed E-state index contributed by atoms with van der Waals surface area (Å²) in [7, 11) is -3.51. The van der Waals surface area contributed by atoms with E-state index in [-0.39, 0.29) is 10.3 Å². The normalized spacial score (nSPS) is 18.1. The topological polar surface area (TPSA) is 88.0 Å². The molecule has 0 spiro atoms. The Labute approximate surface area is 118 Å². The Hall–Kier alpha value is -1.53. The van der Waals surface area contributed by atoms with Gasteiger partial charge in [-0.25, -0.2) is 13.1 Å². The van der Waals surface area contributed by atoms with E-state index in [2.05, 4.69) is 16.6 Å². The zero-order chi connectivity index (χ0) is 14.4. The van der Waals surface area contributed by atoms with Gasteiger partial charge in [0.15, 0.2) is 0 Å². The summed E-state index contributed by atoms with van der Waals surface area (Å²) in [5, 5.41) is 0.635. The molecule has 1 aliphatic carbocycles. The van der Waals surface area contributed by atoms with E-state index in [1.807, 2.05) is 0 Å². The molecule has 1 saturated carbocycles. The van der Waals surface area contributed by atoms with Gasteiger partial charge < -0.3 is 10.7 Å². The third-order valence-electron chi connectivity index (χ3n) is 4.21. The maximum absolute atomic E-state index is 12.4. The molecule has 6 heteroatoms. The van der Waals surface area contributed by atoms with Gasteiger partial charge in [-0.2, -0.15) is 0 Å². The average molecular weight is 293 g/mol. The lowest BCUT2D eigenvalue weighted by Gasteiger charge is -2.38. The van der Waals surface area contributed by atoms with Crippen LogP contribution in [0.5, 0.6) is 0 Å². The fourth-order valence-electron chi connectivity index (χ4n) is 2.64. The van der Waals surface area contributed by atoms with Crippen LogP contribution >= 0.6 is 0 Å². The van der Waals surface area contributed by atoms with E-state index in [0.717, 1.165) is 18.4 Å². The summed E-state index contributed by atoms with van der Waals surface area (Å²) in [6.07, 6.45) is 4.87. The van der Waals surface area contributed by atoms with Gasteiger partial charge in [-0.3, -0.25) is 0 Å². The first-order valence-corrected chi connectivity index (χ1v) is 8.24. The molecule has 1 fully saturated rings. The predicted octanol–water partition coefficient (Wildman–Crippen LogP) is 2.22. The summed E-state index contributed by atoms with van der Waals surface area (Å²) in [5.74, 6) is 0. The molecule has 1 aromatic carbocycles. The van der Waals surface area contributed by atoms with E-state index >= 15 is 0 Å². The molecule has 0 saturated heterocycles. The highest BCUT2D eigenvalue weighted by Gasteiger charge is 2.33. The summed E-state index contributed by atoms with van der Waals surface area (Å²) in [6, 6.07) is 5.22. The van der Waals surface area contributed by atoms with E-state index in [1.54, 1.807) is 18.2 Å². The predicted molar refractivity (Wildman–Crippen MR) is 79.9 cm³/mol. The van der Waals surface area contributed by atoms with Crippen molar-refractivity contribution in [3.8, 4) is 0 Å².